The van der Waals surface area contributed by atoms with Crippen molar-refractivity contribution < 1.29 is 13.9 Å². The molecule has 0 unspecified atom stereocenters. The van der Waals surface area contributed by atoms with Crippen LogP contribution in [0, 0.1) is 0 Å². The Hall–Kier alpha value is -3.08. The Morgan fingerprint density at radius 2 is 1.75 bits per heavy atom. The Balaban J connectivity index is 1.81. The zero-order valence-corrected chi connectivity index (χ0v) is 13.3. The van der Waals surface area contributed by atoms with Crippen molar-refractivity contribution in [3.63, 3.8) is 0 Å². The van der Waals surface area contributed by atoms with Crippen LogP contribution in [0.25, 0.3) is 0 Å². The van der Waals surface area contributed by atoms with Gasteiger partial charge in [0, 0.05) is 6.42 Å². The van der Waals surface area contributed by atoms with Crippen LogP contribution in [0.5, 0.6) is 5.75 Å². The number of carbonyl (C=O) groups excluding carboxylic acids is 1. The second kappa shape index (κ2) is 7.00. The number of carbonyl (C=O) groups is 1. The predicted octanol–water partition coefficient (Wildman–Crippen LogP) is 2.92. The van der Waals surface area contributed by atoms with Gasteiger partial charge >= 0.3 is 5.76 Å². The van der Waals surface area contributed by atoms with E-state index in [-0.39, 0.29) is 12.3 Å². The molecule has 0 bridgehead atoms. The predicted molar refractivity (Wildman–Crippen MR) is 89.5 cm³/mol. The van der Waals surface area contributed by atoms with Gasteiger partial charge in [-0.1, -0.05) is 42.5 Å². The zero-order valence-electron chi connectivity index (χ0n) is 13.3. The summed E-state index contributed by atoms with van der Waals surface area (Å²) in [5.41, 5.74) is 2.36. The summed E-state index contributed by atoms with van der Waals surface area (Å²) in [6.45, 7) is 0. The fourth-order valence-corrected chi connectivity index (χ4v) is 2.53. The maximum Gasteiger partial charge on any atom is 0.426 e. The molecule has 0 fully saturated rings. The number of nitrogens with zero attached hydrogens (tertiary/aromatic N) is 1. The molecule has 24 heavy (non-hydrogen) atoms. The van der Waals surface area contributed by atoms with Gasteiger partial charge in [-0.15, -0.1) is 0 Å². The van der Waals surface area contributed by atoms with Crippen molar-refractivity contribution in [2.24, 2.45) is 0 Å². The van der Waals surface area contributed by atoms with Crippen molar-refractivity contribution in [3.05, 3.63) is 88.2 Å². The van der Waals surface area contributed by atoms with Crippen molar-refractivity contribution >= 4 is 5.91 Å². The second-order valence-electron chi connectivity index (χ2n) is 5.41. The number of oxazole rings is 1. The van der Waals surface area contributed by atoms with Crippen LogP contribution in [-0.2, 0) is 12.8 Å². The average Bonchev–Trinajstić information content (AvgIpc) is 2.97. The number of aromatic nitrogens is 1. The number of methoxy groups -OCH3 is 1. The van der Waals surface area contributed by atoms with Gasteiger partial charge in [0.1, 0.15) is 12.0 Å². The Labute approximate surface area is 139 Å². The van der Waals surface area contributed by atoms with E-state index < -0.39 is 5.76 Å². The van der Waals surface area contributed by atoms with E-state index in [1.807, 2.05) is 30.3 Å². The Morgan fingerprint density at radius 3 is 2.42 bits per heavy atom. The van der Waals surface area contributed by atoms with Gasteiger partial charge in [0.2, 0.25) is 5.91 Å². The molecule has 1 heterocycles. The van der Waals surface area contributed by atoms with Crippen LogP contribution >= 0.6 is 0 Å². The van der Waals surface area contributed by atoms with E-state index in [1.54, 1.807) is 31.4 Å². The van der Waals surface area contributed by atoms with Crippen LogP contribution < -0.4 is 10.5 Å². The van der Waals surface area contributed by atoms with E-state index in [0.29, 0.717) is 12.1 Å². The van der Waals surface area contributed by atoms with E-state index in [4.69, 9.17) is 9.15 Å². The molecule has 0 aliphatic heterocycles. The molecule has 0 atom stereocenters. The molecule has 0 spiro atoms. The molecule has 0 N–H and O–H groups in total. The summed E-state index contributed by atoms with van der Waals surface area (Å²) in [6, 6.07) is 16.8. The van der Waals surface area contributed by atoms with E-state index in [0.717, 1.165) is 21.4 Å². The minimum atomic E-state index is -0.653. The first-order valence-corrected chi connectivity index (χ1v) is 7.57. The quantitative estimate of drug-likeness (QED) is 0.724. The highest BCUT2D eigenvalue weighted by atomic mass is 16.5. The lowest BCUT2D eigenvalue weighted by Gasteiger charge is -2.06. The molecule has 0 aliphatic rings. The Morgan fingerprint density at radius 1 is 1.04 bits per heavy atom. The van der Waals surface area contributed by atoms with Gasteiger partial charge in [-0.05, 0) is 23.3 Å². The van der Waals surface area contributed by atoms with Crippen LogP contribution in [0.2, 0.25) is 0 Å². The third-order valence-electron chi connectivity index (χ3n) is 3.76. The number of ether oxygens (including phenoxy) is 1. The molecule has 2 aromatic carbocycles. The van der Waals surface area contributed by atoms with E-state index in [1.165, 1.54) is 6.26 Å². The molecular formula is C19H17NO4. The summed E-state index contributed by atoms with van der Waals surface area (Å²) in [4.78, 5) is 24.5. The van der Waals surface area contributed by atoms with Crippen molar-refractivity contribution in [1.82, 2.24) is 4.57 Å². The first kappa shape index (κ1) is 15.8. The van der Waals surface area contributed by atoms with Crippen molar-refractivity contribution in [2.45, 2.75) is 12.8 Å². The summed E-state index contributed by atoms with van der Waals surface area (Å²) in [5.74, 6) is -0.249. The van der Waals surface area contributed by atoms with Gasteiger partial charge in [0.25, 0.3) is 0 Å². The zero-order chi connectivity index (χ0) is 16.9. The highest BCUT2D eigenvalue weighted by Crippen LogP contribution is 2.13. The highest BCUT2D eigenvalue weighted by molar-refractivity contribution is 5.81. The molecule has 122 valence electrons. The normalized spacial score (nSPS) is 10.5. The molecule has 0 amide bonds. The Bertz CT molecular complexity index is 876. The van der Waals surface area contributed by atoms with E-state index in [9.17, 15) is 9.59 Å². The number of rotatable bonds is 5. The topological polar surface area (TPSA) is 61.4 Å². The molecule has 5 heteroatoms. The van der Waals surface area contributed by atoms with Crippen LogP contribution in [-0.4, -0.2) is 17.6 Å². The lowest BCUT2D eigenvalue weighted by molar-refractivity contribution is 0.0903. The lowest BCUT2D eigenvalue weighted by Crippen LogP contribution is -2.26. The van der Waals surface area contributed by atoms with Gasteiger partial charge in [-0.2, -0.15) is 0 Å². The number of hydrogen-bond donors (Lipinski definition) is 0. The molecule has 3 rings (SSSR count). The molecule has 0 aliphatic carbocycles. The van der Waals surface area contributed by atoms with Gasteiger partial charge in [0.15, 0.2) is 0 Å². The van der Waals surface area contributed by atoms with Crippen molar-refractivity contribution in [2.75, 3.05) is 7.11 Å². The first-order chi connectivity index (χ1) is 11.7. The van der Waals surface area contributed by atoms with Gasteiger partial charge in [0.05, 0.1) is 19.2 Å². The standard InChI is InChI=1S/C19H17NO4/c1-23-17-9-7-15(8-10-17)12-18(21)20-16(13-24-19(20)22)11-14-5-3-2-4-6-14/h2-10,13H,11-12H2,1H3. The molecule has 0 saturated carbocycles. The summed E-state index contributed by atoms with van der Waals surface area (Å²) < 4.78 is 11.1. The summed E-state index contributed by atoms with van der Waals surface area (Å²) >= 11 is 0. The monoisotopic (exact) mass is 323 g/mol. The van der Waals surface area contributed by atoms with Gasteiger partial charge in [-0.25, -0.2) is 9.36 Å². The molecule has 0 radical (unpaired) electrons. The molecular weight excluding hydrogens is 306 g/mol. The average molecular weight is 323 g/mol. The van der Waals surface area contributed by atoms with E-state index in [2.05, 4.69) is 0 Å². The third-order valence-corrected chi connectivity index (χ3v) is 3.76. The van der Waals surface area contributed by atoms with Crippen LogP contribution in [0.15, 0.2) is 70.1 Å². The smallest absolute Gasteiger partial charge is 0.426 e. The fourth-order valence-electron chi connectivity index (χ4n) is 2.53. The summed E-state index contributed by atoms with van der Waals surface area (Å²) in [7, 11) is 1.58. The number of hydrogen-bond acceptors (Lipinski definition) is 4. The fraction of sp³-hybridized carbons (Fsp3) is 0.158. The molecule has 3 aromatic rings. The summed E-state index contributed by atoms with van der Waals surface area (Å²) in [5, 5.41) is 0. The van der Waals surface area contributed by atoms with Crippen LogP contribution in [0.3, 0.4) is 0 Å². The van der Waals surface area contributed by atoms with Gasteiger partial charge < -0.3 is 9.15 Å². The van der Waals surface area contributed by atoms with Crippen molar-refractivity contribution in [1.29, 1.82) is 0 Å². The van der Waals surface area contributed by atoms with Crippen LogP contribution in [0.1, 0.15) is 21.6 Å². The Kier molecular flexibility index (Phi) is 4.61. The minimum absolute atomic E-state index is 0.116. The lowest BCUT2D eigenvalue weighted by atomic mass is 10.1. The first-order valence-electron chi connectivity index (χ1n) is 7.57. The minimum Gasteiger partial charge on any atom is -0.497 e. The SMILES string of the molecule is COc1ccc(CC(=O)n2c(Cc3ccccc3)coc2=O)cc1. The second-order valence-corrected chi connectivity index (χ2v) is 5.41. The van der Waals surface area contributed by atoms with Gasteiger partial charge in [-0.3, -0.25) is 4.79 Å². The summed E-state index contributed by atoms with van der Waals surface area (Å²) in [6.07, 6.45) is 1.92. The third kappa shape index (κ3) is 3.46. The molecule has 5 nitrogen and oxygen atoms in total. The highest BCUT2D eigenvalue weighted by Gasteiger charge is 2.16. The molecule has 0 saturated heterocycles. The molecule has 1 aromatic heterocycles. The van der Waals surface area contributed by atoms with Crippen molar-refractivity contribution in [3.8, 4) is 5.75 Å². The maximum atomic E-state index is 12.5. The largest absolute Gasteiger partial charge is 0.497 e. The maximum absolute atomic E-state index is 12.5. The van der Waals surface area contributed by atoms with Crippen LogP contribution in [0.4, 0.5) is 0 Å². The van der Waals surface area contributed by atoms with E-state index >= 15 is 0 Å². The number of benzene rings is 2.